The Morgan fingerprint density at radius 3 is 2.44 bits per heavy atom. The predicted molar refractivity (Wildman–Crippen MR) is 139 cm³/mol. The van der Waals surface area contributed by atoms with Gasteiger partial charge in [0.05, 0.1) is 6.10 Å². The van der Waals surface area contributed by atoms with Crippen molar-refractivity contribution in [3.63, 3.8) is 0 Å². The van der Waals surface area contributed by atoms with E-state index < -0.39 is 0 Å². The van der Waals surface area contributed by atoms with Crippen molar-refractivity contribution < 1.29 is 14.6 Å². The van der Waals surface area contributed by atoms with Gasteiger partial charge < -0.3 is 9.84 Å². The molecule has 3 nitrogen and oxygen atoms in total. The van der Waals surface area contributed by atoms with E-state index in [0.29, 0.717) is 23.2 Å². The molecule has 196 valence electrons. The van der Waals surface area contributed by atoms with E-state index in [1.165, 1.54) is 44.9 Å². The fourth-order valence-corrected chi connectivity index (χ4v) is 9.91. The van der Waals surface area contributed by atoms with Gasteiger partial charge in [-0.3, -0.25) is 4.79 Å². The zero-order valence-electron chi connectivity index (χ0n) is 23.2. The Morgan fingerprint density at radius 2 is 1.74 bits per heavy atom. The van der Waals surface area contributed by atoms with E-state index in [-0.39, 0.29) is 17.7 Å². The molecule has 4 aliphatic carbocycles. The summed E-state index contributed by atoms with van der Waals surface area (Å²) in [5.41, 5.74) is 0.616. The highest BCUT2D eigenvalue weighted by Crippen LogP contribution is 2.68. The number of aliphatic hydroxyl groups is 1. The smallest absolute Gasteiger partial charge is 0.306 e. The molecule has 4 rings (SSSR count). The summed E-state index contributed by atoms with van der Waals surface area (Å²) in [6.45, 7) is 14.0. The van der Waals surface area contributed by atoms with E-state index in [0.717, 1.165) is 68.1 Å². The first-order chi connectivity index (χ1) is 16.1. The summed E-state index contributed by atoms with van der Waals surface area (Å²) < 4.78 is 5.96. The number of ether oxygens (including phenoxy) is 1. The number of aliphatic hydroxyl groups excluding tert-OH is 1. The highest BCUT2D eigenvalue weighted by Gasteiger charge is 2.60. The minimum atomic E-state index is -0.290. The molecule has 4 aliphatic rings. The fourth-order valence-electron chi connectivity index (χ4n) is 9.91. The third kappa shape index (κ3) is 4.73. The summed E-state index contributed by atoms with van der Waals surface area (Å²) in [6.07, 6.45) is 15.9. The summed E-state index contributed by atoms with van der Waals surface area (Å²) in [7, 11) is 0. The molecule has 0 spiro atoms. The third-order valence-electron chi connectivity index (χ3n) is 12.1. The molecule has 4 fully saturated rings. The average Bonchev–Trinajstić information content (AvgIpc) is 3.15. The van der Waals surface area contributed by atoms with Gasteiger partial charge in [-0.15, -0.1) is 0 Å². The van der Waals surface area contributed by atoms with Crippen molar-refractivity contribution in [2.45, 2.75) is 143 Å². The molecule has 0 radical (unpaired) electrons. The van der Waals surface area contributed by atoms with Crippen LogP contribution in [0.1, 0.15) is 131 Å². The minimum Gasteiger partial charge on any atom is -0.459 e. The van der Waals surface area contributed by atoms with Gasteiger partial charge in [0.1, 0.15) is 5.60 Å². The molecular weight excluding hydrogens is 420 g/mol. The highest BCUT2D eigenvalue weighted by molar-refractivity contribution is 5.69. The van der Waals surface area contributed by atoms with E-state index >= 15 is 0 Å². The van der Waals surface area contributed by atoms with Gasteiger partial charge in [-0.2, -0.15) is 0 Å². The Balaban J connectivity index is 1.37. The van der Waals surface area contributed by atoms with Crippen LogP contribution in [0.4, 0.5) is 0 Å². The Bertz CT molecular complexity index is 719. The molecular formula is C31H54O3. The SMILES string of the molecule is CCCC(C)(CC)OC(=O)CCC(C)C1CCC2C3CCC4C[C@H](O)CCC4(C)C3CCC12C. The van der Waals surface area contributed by atoms with Crippen LogP contribution in [0.25, 0.3) is 0 Å². The lowest BCUT2D eigenvalue weighted by Gasteiger charge is -2.61. The van der Waals surface area contributed by atoms with Crippen LogP contribution in [0.15, 0.2) is 0 Å². The first-order valence-corrected chi connectivity index (χ1v) is 15.0. The van der Waals surface area contributed by atoms with Crippen LogP contribution < -0.4 is 0 Å². The van der Waals surface area contributed by atoms with E-state index in [4.69, 9.17) is 4.74 Å². The molecule has 0 aliphatic heterocycles. The first-order valence-electron chi connectivity index (χ1n) is 15.0. The summed E-state index contributed by atoms with van der Waals surface area (Å²) in [6, 6.07) is 0. The van der Waals surface area contributed by atoms with E-state index in [1.54, 1.807) is 0 Å². The fraction of sp³-hybridized carbons (Fsp3) is 0.968. The molecule has 0 amide bonds. The van der Waals surface area contributed by atoms with E-state index in [1.807, 2.05) is 0 Å². The largest absolute Gasteiger partial charge is 0.459 e. The molecule has 0 saturated heterocycles. The van der Waals surface area contributed by atoms with Gasteiger partial charge in [0.15, 0.2) is 0 Å². The molecule has 0 aromatic rings. The van der Waals surface area contributed by atoms with Gasteiger partial charge in [0.2, 0.25) is 0 Å². The average molecular weight is 475 g/mol. The van der Waals surface area contributed by atoms with Crippen molar-refractivity contribution in [2.75, 3.05) is 0 Å². The number of rotatable bonds is 8. The number of carbonyl (C=O) groups excluding carboxylic acids is 1. The van der Waals surface area contributed by atoms with E-state index in [2.05, 4.69) is 41.5 Å². The van der Waals surface area contributed by atoms with Crippen LogP contribution in [-0.4, -0.2) is 22.8 Å². The maximum atomic E-state index is 12.7. The van der Waals surface area contributed by atoms with Crippen LogP contribution in [0.3, 0.4) is 0 Å². The van der Waals surface area contributed by atoms with Crippen molar-refractivity contribution >= 4 is 5.97 Å². The molecule has 4 saturated carbocycles. The number of fused-ring (bicyclic) bond motifs is 5. The predicted octanol–water partition coefficient (Wildman–Crippen LogP) is 7.93. The van der Waals surface area contributed by atoms with Crippen molar-refractivity contribution in [1.29, 1.82) is 0 Å². The Morgan fingerprint density at radius 1 is 1.03 bits per heavy atom. The lowest BCUT2D eigenvalue weighted by Crippen LogP contribution is -2.54. The molecule has 0 bridgehead atoms. The highest BCUT2D eigenvalue weighted by atomic mass is 16.6. The van der Waals surface area contributed by atoms with Gasteiger partial charge in [0.25, 0.3) is 0 Å². The lowest BCUT2D eigenvalue weighted by molar-refractivity contribution is -0.160. The topological polar surface area (TPSA) is 46.5 Å². The molecule has 0 aromatic carbocycles. The summed E-state index contributed by atoms with van der Waals surface area (Å²) in [4.78, 5) is 12.7. The van der Waals surface area contributed by atoms with Gasteiger partial charge in [0, 0.05) is 6.42 Å². The van der Waals surface area contributed by atoms with Gasteiger partial charge in [-0.05, 0) is 130 Å². The zero-order valence-corrected chi connectivity index (χ0v) is 23.2. The Labute approximate surface area is 210 Å². The van der Waals surface area contributed by atoms with Crippen molar-refractivity contribution in [2.24, 2.45) is 46.3 Å². The second-order valence-electron chi connectivity index (χ2n) is 13.9. The first kappa shape index (κ1) is 26.5. The van der Waals surface area contributed by atoms with Gasteiger partial charge >= 0.3 is 5.97 Å². The molecule has 9 unspecified atom stereocenters. The van der Waals surface area contributed by atoms with Gasteiger partial charge in [-0.1, -0.05) is 41.0 Å². The minimum absolute atomic E-state index is 0.0128. The Kier molecular flexibility index (Phi) is 7.84. The van der Waals surface area contributed by atoms with Crippen LogP contribution >= 0.6 is 0 Å². The van der Waals surface area contributed by atoms with E-state index in [9.17, 15) is 9.90 Å². The lowest BCUT2D eigenvalue weighted by atomic mass is 9.44. The van der Waals surface area contributed by atoms with Gasteiger partial charge in [-0.25, -0.2) is 0 Å². The summed E-state index contributed by atoms with van der Waals surface area (Å²) in [5, 5.41) is 10.3. The third-order valence-corrected chi connectivity index (χ3v) is 12.1. The maximum absolute atomic E-state index is 12.7. The molecule has 0 aromatic heterocycles. The van der Waals surface area contributed by atoms with Crippen LogP contribution in [0.2, 0.25) is 0 Å². The second kappa shape index (κ2) is 10.1. The molecule has 34 heavy (non-hydrogen) atoms. The summed E-state index contributed by atoms with van der Waals surface area (Å²) >= 11 is 0. The Hall–Kier alpha value is -0.570. The summed E-state index contributed by atoms with van der Waals surface area (Å²) in [5.74, 6) is 4.71. The standard InChI is InChI=1S/C31H54O3/c1-7-17-29(4,8-2)34-28(33)14-9-21(3)25-12-13-26-24-11-10-22-20-23(32)15-18-30(22,5)27(24)16-19-31(25,26)6/h21-27,32H,7-20H2,1-6H3/t21?,22?,23-,24?,25?,26?,27?,29?,30?,31?/m1/s1. The molecule has 1 N–H and O–H groups in total. The normalized spacial score (nSPS) is 44.3. The number of carbonyl (C=O) groups is 1. The quantitative estimate of drug-likeness (QED) is 0.363. The molecule has 10 atom stereocenters. The van der Waals surface area contributed by atoms with Crippen LogP contribution in [0, 0.1) is 46.3 Å². The number of hydrogen-bond donors (Lipinski definition) is 1. The molecule has 3 heteroatoms. The second-order valence-corrected chi connectivity index (χ2v) is 13.9. The zero-order chi connectivity index (χ0) is 24.7. The van der Waals surface area contributed by atoms with Crippen molar-refractivity contribution in [3.05, 3.63) is 0 Å². The van der Waals surface area contributed by atoms with Crippen molar-refractivity contribution in [1.82, 2.24) is 0 Å². The maximum Gasteiger partial charge on any atom is 0.306 e. The van der Waals surface area contributed by atoms with Crippen molar-refractivity contribution in [3.8, 4) is 0 Å². The van der Waals surface area contributed by atoms with Crippen LogP contribution in [0.5, 0.6) is 0 Å². The monoisotopic (exact) mass is 474 g/mol. The number of hydrogen-bond acceptors (Lipinski definition) is 3. The molecule has 0 heterocycles. The van der Waals surface area contributed by atoms with Crippen LogP contribution in [-0.2, 0) is 9.53 Å². The number of esters is 1.